The molecular formula is C16H23BrN2O2. The molecule has 1 aliphatic rings. The topological polar surface area (TPSA) is 55.6 Å². The van der Waals surface area contributed by atoms with E-state index < -0.39 is 0 Å². The number of nitrogens with zero attached hydrogens (tertiary/aromatic N) is 1. The molecule has 1 aromatic rings. The zero-order chi connectivity index (χ0) is 15.4. The molecular weight excluding hydrogens is 332 g/mol. The monoisotopic (exact) mass is 354 g/mol. The number of rotatable bonds is 5. The number of hydrogen-bond donors (Lipinski definition) is 1. The summed E-state index contributed by atoms with van der Waals surface area (Å²) in [7, 11) is 2.17. The molecule has 2 rings (SSSR count). The fourth-order valence-corrected chi connectivity index (χ4v) is 3.32. The number of piperidine rings is 1. The van der Waals surface area contributed by atoms with E-state index in [9.17, 15) is 4.79 Å². The van der Waals surface area contributed by atoms with Gasteiger partial charge >= 0.3 is 0 Å². The number of carbonyl (C=O) groups excluding carboxylic acids is 1. The van der Waals surface area contributed by atoms with Crippen LogP contribution >= 0.6 is 15.9 Å². The fraction of sp³-hybridized carbons (Fsp3) is 0.562. The lowest BCUT2D eigenvalue weighted by molar-refractivity contribution is 0.101. The molecule has 0 aliphatic carbocycles. The molecule has 1 atom stereocenters. The van der Waals surface area contributed by atoms with Gasteiger partial charge in [0.15, 0.2) is 11.5 Å². The molecule has 1 heterocycles. The van der Waals surface area contributed by atoms with Crippen LogP contribution in [0, 0.1) is 0 Å². The third-order valence-electron chi connectivity index (χ3n) is 4.08. The molecule has 0 saturated carbocycles. The Morgan fingerprint density at radius 3 is 2.90 bits per heavy atom. The molecule has 2 N–H and O–H groups in total. The third-order valence-corrected chi connectivity index (χ3v) is 4.54. The lowest BCUT2D eigenvalue weighted by Gasteiger charge is -2.32. The maximum absolute atomic E-state index is 11.7. The normalized spacial score (nSPS) is 19.5. The van der Waals surface area contributed by atoms with E-state index >= 15 is 0 Å². The molecule has 5 heteroatoms. The van der Waals surface area contributed by atoms with Gasteiger partial charge in [0.2, 0.25) is 0 Å². The van der Waals surface area contributed by atoms with Crippen molar-refractivity contribution in [3.05, 3.63) is 22.2 Å². The second-order valence-corrected chi connectivity index (χ2v) is 6.61. The number of hydrogen-bond acceptors (Lipinski definition) is 4. The summed E-state index contributed by atoms with van der Waals surface area (Å²) < 4.78 is 6.64. The van der Waals surface area contributed by atoms with Gasteiger partial charge < -0.3 is 15.4 Å². The molecule has 1 aromatic carbocycles. The molecule has 0 radical (unpaired) electrons. The predicted molar refractivity (Wildman–Crippen MR) is 88.9 cm³/mol. The van der Waals surface area contributed by atoms with Crippen molar-refractivity contribution in [3.8, 4) is 5.75 Å². The van der Waals surface area contributed by atoms with Crippen molar-refractivity contribution in [2.45, 2.75) is 38.6 Å². The number of nitrogens with two attached hydrogens (primary N) is 1. The Kier molecular flexibility index (Phi) is 5.65. The van der Waals surface area contributed by atoms with Gasteiger partial charge in [-0.1, -0.05) is 22.4 Å². The number of halogens is 1. The van der Waals surface area contributed by atoms with Crippen molar-refractivity contribution in [2.75, 3.05) is 25.9 Å². The van der Waals surface area contributed by atoms with Crippen molar-refractivity contribution >= 4 is 27.4 Å². The van der Waals surface area contributed by atoms with Gasteiger partial charge in [0.05, 0.1) is 17.9 Å². The molecule has 1 aliphatic heterocycles. The van der Waals surface area contributed by atoms with Gasteiger partial charge in [-0.15, -0.1) is 0 Å². The lowest BCUT2D eigenvalue weighted by Crippen LogP contribution is -2.37. The second-order valence-electron chi connectivity index (χ2n) is 5.70. The standard InChI is InChI=1S/C16H23BrN2O2/c1-11(20)14-9-12(17)10-15(18)16(14)21-8-6-13-5-3-4-7-19(13)2/h9-10,13H,3-8,18H2,1-2H3. The Balaban J connectivity index is 2.01. The van der Waals surface area contributed by atoms with Crippen LogP contribution in [0.2, 0.25) is 0 Å². The van der Waals surface area contributed by atoms with Gasteiger partial charge in [0.1, 0.15) is 0 Å². The van der Waals surface area contributed by atoms with E-state index in [2.05, 4.69) is 27.9 Å². The first-order chi connectivity index (χ1) is 9.99. The molecule has 1 unspecified atom stereocenters. The largest absolute Gasteiger partial charge is 0.491 e. The summed E-state index contributed by atoms with van der Waals surface area (Å²) in [6, 6.07) is 4.10. The van der Waals surface area contributed by atoms with Crippen molar-refractivity contribution < 1.29 is 9.53 Å². The van der Waals surface area contributed by atoms with Crippen molar-refractivity contribution in [1.29, 1.82) is 0 Å². The quantitative estimate of drug-likeness (QED) is 0.649. The molecule has 1 fully saturated rings. The summed E-state index contributed by atoms with van der Waals surface area (Å²) in [6.45, 7) is 3.27. The summed E-state index contributed by atoms with van der Waals surface area (Å²) in [4.78, 5) is 14.1. The first-order valence-corrected chi connectivity index (χ1v) is 8.21. The first-order valence-electron chi connectivity index (χ1n) is 7.42. The molecule has 4 nitrogen and oxygen atoms in total. The fourth-order valence-electron chi connectivity index (χ4n) is 2.84. The minimum atomic E-state index is -0.0345. The number of anilines is 1. The highest BCUT2D eigenvalue weighted by Crippen LogP contribution is 2.31. The predicted octanol–water partition coefficient (Wildman–Crippen LogP) is 3.49. The molecule has 116 valence electrons. The van der Waals surface area contributed by atoms with Crippen LogP contribution in [0.1, 0.15) is 43.0 Å². The van der Waals surface area contributed by atoms with Crippen molar-refractivity contribution in [1.82, 2.24) is 4.90 Å². The minimum Gasteiger partial charge on any atom is -0.491 e. The Morgan fingerprint density at radius 2 is 2.24 bits per heavy atom. The van der Waals surface area contributed by atoms with Crippen LogP contribution < -0.4 is 10.5 Å². The first kappa shape index (κ1) is 16.3. The zero-order valence-corrected chi connectivity index (χ0v) is 14.3. The number of benzene rings is 1. The molecule has 0 aromatic heterocycles. The van der Waals surface area contributed by atoms with Crippen molar-refractivity contribution in [2.24, 2.45) is 0 Å². The van der Waals surface area contributed by atoms with Crippen LogP contribution in [0.4, 0.5) is 5.69 Å². The highest BCUT2D eigenvalue weighted by atomic mass is 79.9. The molecule has 0 amide bonds. The number of nitrogen functional groups attached to an aromatic ring is 1. The van der Waals surface area contributed by atoms with Crippen LogP contribution in [-0.2, 0) is 0 Å². The van der Waals surface area contributed by atoms with Gasteiger partial charge in [-0.25, -0.2) is 0 Å². The van der Waals surface area contributed by atoms with E-state index in [1.165, 1.54) is 26.2 Å². The van der Waals surface area contributed by atoms with E-state index in [-0.39, 0.29) is 5.78 Å². The smallest absolute Gasteiger partial charge is 0.163 e. The van der Waals surface area contributed by atoms with Crippen LogP contribution in [0.5, 0.6) is 5.75 Å². The number of carbonyl (C=O) groups is 1. The van der Waals surface area contributed by atoms with Crippen LogP contribution in [0.3, 0.4) is 0 Å². The number of likely N-dealkylation sites (tertiary alicyclic amines) is 1. The molecule has 0 bridgehead atoms. The maximum Gasteiger partial charge on any atom is 0.163 e. The summed E-state index contributed by atoms with van der Waals surface area (Å²) >= 11 is 3.36. The summed E-state index contributed by atoms with van der Waals surface area (Å²) in [6.07, 6.45) is 4.74. The Hall–Kier alpha value is -1.07. The van der Waals surface area contributed by atoms with E-state index in [0.717, 1.165) is 17.4 Å². The number of ether oxygens (including phenoxy) is 1. The Labute approximate surface area is 134 Å². The van der Waals surface area contributed by atoms with E-state index in [1.54, 1.807) is 12.1 Å². The minimum absolute atomic E-state index is 0.0345. The Bertz CT molecular complexity index is 519. The highest BCUT2D eigenvalue weighted by Gasteiger charge is 2.19. The van der Waals surface area contributed by atoms with Gasteiger partial charge in [0.25, 0.3) is 0 Å². The Morgan fingerprint density at radius 1 is 1.48 bits per heavy atom. The van der Waals surface area contributed by atoms with Gasteiger partial charge in [-0.3, -0.25) is 4.79 Å². The summed E-state index contributed by atoms with van der Waals surface area (Å²) in [5, 5.41) is 0. The third kappa shape index (κ3) is 4.20. The lowest BCUT2D eigenvalue weighted by atomic mass is 10.0. The summed E-state index contributed by atoms with van der Waals surface area (Å²) in [5.74, 6) is 0.483. The SMILES string of the molecule is CC(=O)c1cc(Br)cc(N)c1OCCC1CCCCN1C. The molecule has 21 heavy (non-hydrogen) atoms. The van der Waals surface area contributed by atoms with Crippen LogP contribution in [0.25, 0.3) is 0 Å². The van der Waals surface area contributed by atoms with Gasteiger partial charge in [-0.2, -0.15) is 0 Å². The molecule has 1 saturated heterocycles. The van der Waals surface area contributed by atoms with E-state index in [1.807, 2.05) is 0 Å². The van der Waals surface area contributed by atoms with Crippen LogP contribution in [0.15, 0.2) is 16.6 Å². The summed E-state index contributed by atoms with van der Waals surface area (Å²) in [5.41, 5.74) is 7.04. The van der Waals surface area contributed by atoms with Crippen LogP contribution in [-0.4, -0.2) is 36.9 Å². The average Bonchev–Trinajstić information content (AvgIpc) is 2.42. The van der Waals surface area contributed by atoms with Gasteiger partial charge in [-0.05, 0) is 51.9 Å². The van der Waals surface area contributed by atoms with Gasteiger partial charge in [0, 0.05) is 10.5 Å². The number of ketones is 1. The highest BCUT2D eigenvalue weighted by molar-refractivity contribution is 9.10. The second kappa shape index (κ2) is 7.27. The average molecular weight is 355 g/mol. The number of Topliss-reactive ketones (excluding diaryl/α,β-unsaturated/α-hetero) is 1. The van der Waals surface area contributed by atoms with E-state index in [0.29, 0.717) is 29.6 Å². The van der Waals surface area contributed by atoms with E-state index in [4.69, 9.17) is 10.5 Å². The molecule has 0 spiro atoms. The van der Waals surface area contributed by atoms with Crippen molar-refractivity contribution in [3.63, 3.8) is 0 Å². The maximum atomic E-state index is 11.7. The zero-order valence-electron chi connectivity index (χ0n) is 12.7.